The van der Waals surface area contributed by atoms with Crippen molar-refractivity contribution in [2.45, 2.75) is 104 Å². The van der Waals surface area contributed by atoms with Gasteiger partial charge < -0.3 is 19.5 Å². The minimum absolute atomic E-state index is 0.0138. The molecule has 8 fully saturated rings. The van der Waals surface area contributed by atoms with E-state index in [0.29, 0.717) is 43.1 Å². The van der Waals surface area contributed by atoms with Crippen LogP contribution in [-0.4, -0.2) is 34.4 Å². The Kier molecular flexibility index (Phi) is 5.74. The van der Waals surface area contributed by atoms with Crippen molar-refractivity contribution in [2.75, 3.05) is 0 Å². The third-order valence-corrected chi connectivity index (χ3v) is 12.7. The molecule has 0 aliphatic heterocycles. The molecule has 4 atom stereocenters. The highest BCUT2D eigenvalue weighted by Crippen LogP contribution is 2.65. The van der Waals surface area contributed by atoms with Gasteiger partial charge in [0, 0.05) is 11.0 Å². The lowest BCUT2D eigenvalue weighted by Gasteiger charge is -2.61. The van der Waals surface area contributed by atoms with Gasteiger partial charge >= 0.3 is 0 Å². The highest BCUT2D eigenvalue weighted by Gasteiger charge is 2.60. The summed E-state index contributed by atoms with van der Waals surface area (Å²) in [5, 5.41) is 22.8. The summed E-state index contributed by atoms with van der Waals surface area (Å²) in [5.74, 6) is -9.20. The highest BCUT2D eigenvalue weighted by atomic mass is 32.2. The van der Waals surface area contributed by atoms with Crippen LogP contribution >= 0.6 is 0 Å². The molecule has 43 heavy (non-hydrogen) atoms. The second-order valence-electron chi connectivity index (χ2n) is 15.1. The average Bonchev–Trinajstić information content (AvgIpc) is 2.86. The monoisotopic (exact) mass is 621 g/mol. The van der Waals surface area contributed by atoms with E-state index in [9.17, 15) is 32.0 Å². The topological polar surface area (TPSA) is 107 Å². The van der Waals surface area contributed by atoms with E-state index >= 15 is 8.78 Å². The SMILES string of the molecule is O=S(=O)([O-])c1c(F)c(F)c(Oc2cc(C34CC5CC(CC(O)(C5)C3)C4)ccc2C23CC4CC(CC(O)(C4)C2)C3)c(F)c1F. The molecule has 232 valence electrons. The van der Waals surface area contributed by atoms with Gasteiger partial charge in [-0.25, -0.2) is 17.2 Å². The Bertz CT molecular complexity index is 1620. The molecule has 0 heterocycles. The predicted octanol–water partition coefficient (Wildman–Crippen LogP) is 6.10. The van der Waals surface area contributed by atoms with Crippen molar-refractivity contribution in [3.05, 3.63) is 52.6 Å². The number of rotatable bonds is 5. The van der Waals surface area contributed by atoms with E-state index in [1.54, 1.807) is 6.07 Å². The van der Waals surface area contributed by atoms with Crippen LogP contribution in [0.1, 0.15) is 88.2 Å². The molecule has 8 bridgehead atoms. The number of hydrogen-bond donors (Lipinski definition) is 2. The molecule has 0 radical (unpaired) electrons. The van der Waals surface area contributed by atoms with E-state index in [2.05, 4.69) is 0 Å². The van der Waals surface area contributed by atoms with Crippen molar-refractivity contribution < 1.29 is 45.5 Å². The largest absolute Gasteiger partial charge is 0.744 e. The lowest BCUT2D eigenvalue weighted by atomic mass is 9.45. The quantitative estimate of drug-likeness (QED) is 0.237. The number of hydrogen-bond acceptors (Lipinski definition) is 6. The molecule has 8 aliphatic rings. The van der Waals surface area contributed by atoms with Gasteiger partial charge in [-0.3, -0.25) is 0 Å². The van der Waals surface area contributed by atoms with Gasteiger partial charge in [-0.1, -0.05) is 12.1 Å². The lowest BCUT2D eigenvalue weighted by molar-refractivity contribution is -0.138. The van der Waals surface area contributed by atoms with Crippen LogP contribution < -0.4 is 4.74 Å². The van der Waals surface area contributed by atoms with Gasteiger partial charge in [-0.05, 0) is 118 Å². The maximum Gasteiger partial charge on any atom is 0.205 e. The zero-order chi connectivity index (χ0) is 30.3. The molecule has 0 saturated heterocycles. The number of halogens is 4. The summed E-state index contributed by atoms with van der Waals surface area (Å²) in [6, 6.07) is 5.49. The van der Waals surface area contributed by atoms with Gasteiger partial charge in [0.1, 0.15) is 20.8 Å². The minimum Gasteiger partial charge on any atom is -0.744 e. The molecule has 2 aromatic carbocycles. The highest BCUT2D eigenvalue weighted by molar-refractivity contribution is 7.85. The maximum atomic E-state index is 15.3. The van der Waals surface area contributed by atoms with Crippen molar-refractivity contribution in [1.29, 1.82) is 0 Å². The average molecular weight is 622 g/mol. The standard InChI is InChI=1S/C32H34F4O6S/c33-23-25(35)28(43(39,40)41)26(36)24(34)27(23)42-22-5-20(29-6-16-3-17(7-29)11-31(37,10-16)14-29)1-2-21(22)30-8-18-4-19(9-30)13-32(38,12-18)15-30/h1-2,5,16-19,37-38H,3-4,6-15H2,(H,39,40,41)/p-1. The zero-order valence-corrected chi connectivity index (χ0v) is 24.3. The van der Waals surface area contributed by atoms with Crippen LogP contribution in [-0.2, 0) is 20.9 Å². The summed E-state index contributed by atoms with van der Waals surface area (Å²) in [5.41, 5.74) is -1.29. The molecule has 2 N–H and O–H groups in total. The van der Waals surface area contributed by atoms with Crippen LogP contribution in [0.3, 0.4) is 0 Å². The fourth-order valence-electron chi connectivity index (χ4n) is 11.5. The first kappa shape index (κ1) is 28.3. The van der Waals surface area contributed by atoms with Crippen molar-refractivity contribution in [2.24, 2.45) is 23.7 Å². The molecule has 2 aromatic rings. The maximum absolute atomic E-state index is 15.3. The van der Waals surface area contributed by atoms with Gasteiger partial charge in [0.2, 0.25) is 17.4 Å². The van der Waals surface area contributed by atoms with Crippen molar-refractivity contribution >= 4 is 10.1 Å². The number of ether oxygens (including phenoxy) is 1. The summed E-state index contributed by atoms with van der Waals surface area (Å²) < 4.78 is 100. The molecule has 0 amide bonds. The summed E-state index contributed by atoms with van der Waals surface area (Å²) in [6.45, 7) is 0. The molecule has 0 aromatic heterocycles. The molecule has 4 unspecified atom stereocenters. The van der Waals surface area contributed by atoms with E-state index in [-0.39, 0.29) is 17.6 Å². The smallest absolute Gasteiger partial charge is 0.205 e. The van der Waals surface area contributed by atoms with Crippen molar-refractivity contribution in [3.8, 4) is 11.5 Å². The van der Waals surface area contributed by atoms with E-state index in [1.165, 1.54) is 0 Å². The van der Waals surface area contributed by atoms with E-state index in [1.807, 2.05) is 12.1 Å². The van der Waals surface area contributed by atoms with Gasteiger partial charge in [0.05, 0.1) is 11.2 Å². The molecular formula is C32H33F4O6S-. The van der Waals surface area contributed by atoms with Crippen LogP contribution in [0.2, 0.25) is 0 Å². The first-order valence-electron chi connectivity index (χ1n) is 15.2. The third-order valence-electron chi connectivity index (χ3n) is 11.9. The Balaban J connectivity index is 1.29. The number of aliphatic hydroxyl groups is 2. The first-order valence-corrected chi connectivity index (χ1v) is 16.6. The molecule has 8 saturated carbocycles. The van der Waals surface area contributed by atoms with Gasteiger partial charge in [-0.15, -0.1) is 0 Å². The van der Waals surface area contributed by atoms with E-state index in [4.69, 9.17) is 4.74 Å². The molecular weight excluding hydrogens is 588 g/mol. The minimum atomic E-state index is -5.87. The lowest BCUT2D eigenvalue weighted by Crippen LogP contribution is -2.58. The van der Waals surface area contributed by atoms with E-state index in [0.717, 1.165) is 56.9 Å². The Morgan fingerprint density at radius 1 is 0.721 bits per heavy atom. The fraction of sp³-hybridized carbons (Fsp3) is 0.625. The second kappa shape index (κ2) is 8.73. The molecule has 6 nitrogen and oxygen atoms in total. The van der Waals surface area contributed by atoms with Crippen LogP contribution in [0.25, 0.3) is 0 Å². The third kappa shape index (κ3) is 4.17. The van der Waals surface area contributed by atoms with Crippen LogP contribution in [0.15, 0.2) is 23.1 Å². The molecule has 0 spiro atoms. The van der Waals surface area contributed by atoms with Crippen LogP contribution in [0, 0.1) is 46.9 Å². The zero-order valence-electron chi connectivity index (χ0n) is 23.5. The summed E-state index contributed by atoms with van der Waals surface area (Å²) in [6.07, 6.45) is 8.90. The predicted molar refractivity (Wildman–Crippen MR) is 143 cm³/mol. The number of benzene rings is 2. The Labute approximate surface area is 247 Å². The van der Waals surface area contributed by atoms with Crippen molar-refractivity contribution in [3.63, 3.8) is 0 Å². The summed E-state index contributed by atoms with van der Waals surface area (Å²) >= 11 is 0. The van der Waals surface area contributed by atoms with Crippen LogP contribution in [0.5, 0.6) is 11.5 Å². The first-order chi connectivity index (χ1) is 20.1. The van der Waals surface area contributed by atoms with Gasteiger partial charge in [0.25, 0.3) is 0 Å². The fourth-order valence-corrected chi connectivity index (χ4v) is 12.1. The van der Waals surface area contributed by atoms with Crippen molar-refractivity contribution in [1.82, 2.24) is 0 Å². The summed E-state index contributed by atoms with van der Waals surface area (Å²) in [4.78, 5) is -2.23. The Morgan fingerprint density at radius 3 is 1.65 bits per heavy atom. The normalized spacial score (nSPS) is 40.8. The van der Waals surface area contributed by atoms with Gasteiger partial charge in [-0.2, -0.15) is 8.78 Å². The Hall–Kier alpha value is -2.21. The molecule has 10 rings (SSSR count). The summed E-state index contributed by atoms with van der Waals surface area (Å²) in [7, 11) is -5.87. The van der Waals surface area contributed by atoms with Gasteiger partial charge in [0.15, 0.2) is 11.6 Å². The second-order valence-corrected chi connectivity index (χ2v) is 16.4. The molecule has 8 aliphatic carbocycles. The van der Waals surface area contributed by atoms with E-state index < -0.39 is 66.1 Å². The molecule has 11 heteroatoms. The Morgan fingerprint density at radius 2 is 1.19 bits per heavy atom. The van der Waals surface area contributed by atoms with Crippen LogP contribution in [0.4, 0.5) is 17.6 Å².